The van der Waals surface area contributed by atoms with Crippen LogP contribution in [0.3, 0.4) is 0 Å². The first kappa shape index (κ1) is 14.5. The molecule has 0 saturated heterocycles. The molecule has 3 N–H and O–H groups in total. The molecule has 1 rings (SSSR count). The highest BCUT2D eigenvalue weighted by atomic mass is 16.5. The Morgan fingerprint density at radius 1 is 1.41 bits per heavy atom. The SMILES string of the molecule is CNC(CCOC1CCC(C)C(C)C1)C(N)=O. The van der Waals surface area contributed by atoms with E-state index in [-0.39, 0.29) is 11.9 Å². The van der Waals surface area contributed by atoms with Crippen molar-refractivity contribution in [1.82, 2.24) is 5.32 Å². The molecule has 0 spiro atoms. The van der Waals surface area contributed by atoms with Crippen LogP contribution in [-0.4, -0.2) is 31.7 Å². The second-order valence-electron chi connectivity index (χ2n) is 5.29. The molecule has 100 valence electrons. The van der Waals surface area contributed by atoms with Crippen LogP contribution in [-0.2, 0) is 9.53 Å². The van der Waals surface area contributed by atoms with Crippen molar-refractivity contribution in [3.8, 4) is 0 Å². The first-order valence-electron chi connectivity index (χ1n) is 6.62. The third kappa shape index (κ3) is 4.64. The van der Waals surface area contributed by atoms with Crippen molar-refractivity contribution in [2.45, 2.75) is 51.7 Å². The van der Waals surface area contributed by atoms with E-state index in [0.29, 0.717) is 19.1 Å². The highest BCUT2D eigenvalue weighted by Gasteiger charge is 2.25. The molecule has 0 heterocycles. The lowest BCUT2D eigenvalue weighted by atomic mass is 9.80. The second kappa shape index (κ2) is 6.97. The van der Waals surface area contributed by atoms with Gasteiger partial charge in [-0.25, -0.2) is 0 Å². The minimum atomic E-state index is -0.304. The second-order valence-corrected chi connectivity index (χ2v) is 5.29. The summed E-state index contributed by atoms with van der Waals surface area (Å²) >= 11 is 0. The maximum atomic E-state index is 11.0. The van der Waals surface area contributed by atoms with Crippen LogP contribution in [0.2, 0.25) is 0 Å². The average Bonchev–Trinajstić information content (AvgIpc) is 2.28. The van der Waals surface area contributed by atoms with Crippen molar-refractivity contribution in [1.29, 1.82) is 0 Å². The smallest absolute Gasteiger partial charge is 0.234 e. The molecule has 0 aliphatic heterocycles. The molecular weight excluding hydrogens is 216 g/mol. The van der Waals surface area contributed by atoms with Gasteiger partial charge >= 0.3 is 0 Å². The fourth-order valence-corrected chi connectivity index (χ4v) is 2.43. The van der Waals surface area contributed by atoms with Crippen LogP contribution >= 0.6 is 0 Å². The lowest BCUT2D eigenvalue weighted by molar-refractivity contribution is -0.120. The Hall–Kier alpha value is -0.610. The van der Waals surface area contributed by atoms with Gasteiger partial charge in [-0.05, 0) is 44.6 Å². The third-order valence-electron chi connectivity index (χ3n) is 4.00. The van der Waals surface area contributed by atoms with E-state index in [9.17, 15) is 4.79 Å². The van der Waals surface area contributed by atoms with Gasteiger partial charge in [-0.15, -0.1) is 0 Å². The minimum Gasteiger partial charge on any atom is -0.378 e. The number of likely N-dealkylation sites (N-methyl/N-ethyl adjacent to an activating group) is 1. The third-order valence-corrected chi connectivity index (χ3v) is 4.00. The molecule has 1 saturated carbocycles. The molecule has 1 fully saturated rings. The Kier molecular flexibility index (Phi) is 5.92. The van der Waals surface area contributed by atoms with Crippen LogP contribution in [0, 0.1) is 11.8 Å². The highest BCUT2D eigenvalue weighted by Crippen LogP contribution is 2.30. The summed E-state index contributed by atoms with van der Waals surface area (Å²) in [5.41, 5.74) is 5.25. The van der Waals surface area contributed by atoms with E-state index in [2.05, 4.69) is 19.2 Å². The number of amides is 1. The molecule has 17 heavy (non-hydrogen) atoms. The van der Waals surface area contributed by atoms with Gasteiger partial charge in [-0.2, -0.15) is 0 Å². The zero-order chi connectivity index (χ0) is 12.8. The first-order valence-corrected chi connectivity index (χ1v) is 6.62. The molecule has 4 unspecified atom stereocenters. The number of hydrogen-bond acceptors (Lipinski definition) is 3. The summed E-state index contributed by atoms with van der Waals surface area (Å²) in [6.07, 6.45) is 4.56. The number of nitrogens with two attached hydrogens (primary N) is 1. The normalized spacial score (nSPS) is 31.1. The van der Waals surface area contributed by atoms with Gasteiger partial charge in [0.15, 0.2) is 0 Å². The Balaban J connectivity index is 2.20. The Labute approximate surface area is 104 Å². The first-order chi connectivity index (χ1) is 8.04. The highest BCUT2D eigenvalue weighted by molar-refractivity contribution is 5.79. The van der Waals surface area contributed by atoms with Gasteiger partial charge in [0.25, 0.3) is 0 Å². The van der Waals surface area contributed by atoms with Gasteiger partial charge < -0.3 is 15.8 Å². The van der Waals surface area contributed by atoms with Crippen molar-refractivity contribution in [2.75, 3.05) is 13.7 Å². The summed E-state index contributed by atoms with van der Waals surface area (Å²) in [4.78, 5) is 11.0. The molecule has 1 aliphatic rings. The number of carbonyl (C=O) groups is 1. The van der Waals surface area contributed by atoms with E-state index in [1.54, 1.807) is 7.05 Å². The molecule has 0 aromatic rings. The van der Waals surface area contributed by atoms with Crippen molar-refractivity contribution in [3.05, 3.63) is 0 Å². The van der Waals surface area contributed by atoms with Gasteiger partial charge in [-0.1, -0.05) is 13.8 Å². The monoisotopic (exact) mass is 242 g/mol. The van der Waals surface area contributed by atoms with Crippen molar-refractivity contribution in [3.63, 3.8) is 0 Å². The van der Waals surface area contributed by atoms with E-state index in [1.807, 2.05) is 0 Å². The molecule has 0 aromatic carbocycles. The molecular formula is C13H26N2O2. The van der Waals surface area contributed by atoms with E-state index < -0.39 is 0 Å². The van der Waals surface area contributed by atoms with Gasteiger partial charge in [0.2, 0.25) is 5.91 Å². The average molecular weight is 242 g/mol. The summed E-state index contributed by atoms with van der Waals surface area (Å²) in [6, 6.07) is -0.269. The predicted molar refractivity (Wildman–Crippen MR) is 68.6 cm³/mol. The maximum Gasteiger partial charge on any atom is 0.234 e. The standard InChI is InChI=1S/C13H26N2O2/c1-9-4-5-11(8-10(9)2)17-7-6-12(15-3)13(14)16/h9-12,15H,4-8H2,1-3H3,(H2,14,16). The van der Waals surface area contributed by atoms with E-state index in [1.165, 1.54) is 6.42 Å². The molecule has 0 bridgehead atoms. The van der Waals surface area contributed by atoms with Gasteiger partial charge in [0.1, 0.15) is 0 Å². The summed E-state index contributed by atoms with van der Waals surface area (Å²) in [5, 5.41) is 2.90. The molecule has 4 atom stereocenters. The largest absolute Gasteiger partial charge is 0.378 e. The fraction of sp³-hybridized carbons (Fsp3) is 0.923. The maximum absolute atomic E-state index is 11.0. The number of rotatable bonds is 6. The van der Waals surface area contributed by atoms with Crippen LogP contribution in [0.4, 0.5) is 0 Å². The lowest BCUT2D eigenvalue weighted by Gasteiger charge is -2.32. The summed E-state index contributed by atoms with van der Waals surface area (Å²) < 4.78 is 5.84. The number of nitrogens with one attached hydrogen (secondary N) is 1. The fourth-order valence-electron chi connectivity index (χ4n) is 2.43. The minimum absolute atomic E-state index is 0.269. The zero-order valence-electron chi connectivity index (χ0n) is 11.2. The topological polar surface area (TPSA) is 64.3 Å². The molecule has 4 heteroatoms. The van der Waals surface area contributed by atoms with Gasteiger partial charge in [-0.3, -0.25) is 4.79 Å². The Morgan fingerprint density at radius 2 is 2.12 bits per heavy atom. The molecule has 0 aromatic heterocycles. The summed E-state index contributed by atoms with van der Waals surface area (Å²) in [7, 11) is 1.75. The number of ether oxygens (including phenoxy) is 1. The number of primary amides is 1. The van der Waals surface area contributed by atoms with E-state index >= 15 is 0 Å². The molecule has 0 radical (unpaired) electrons. The molecule has 1 amide bonds. The van der Waals surface area contributed by atoms with Crippen LogP contribution in [0.25, 0.3) is 0 Å². The van der Waals surface area contributed by atoms with Crippen LogP contribution in [0.1, 0.15) is 39.5 Å². The summed E-state index contributed by atoms with van der Waals surface area (Å²) in [5.74, 6) is 1.25. The Bertz CT molecular complexity index is 246. The van der Waals surface area contributed by atoms with Crippen molar-refractivity contribution in [2.24, 2.45) is 17.6 Å². The van der Waals surface area contributed by atoms with Crippen LogP contribution in [0.5, 0.6) is 0 Å². The predicted octanol–water partition coefficient (Wildman–Crippen LogP) is 1.29. The van der Waals surface area contributed by atoms with Crippen molar-refractivity contribution < 1.29 is 9.53 Å². The number of hydrogen-bond donors (Lipinski definition) is 2. The molecule has 4 nitrogen and oxygen atoms in total. The van der Waals surface area contributed by atoms with Crippen LogP contribution in [0.15, 0.2) is 0 Å². The lowest BCUT2D eigenvalue weighted by Crippen LogP contribution is -2.40. The van der Waals surface area contributed by atoms with E-state index in [0.717, 1.165) is 24.7 Å². The number of carbonyl (C=O) groups excluding carboxylic acids is 1. The van der Waals surface area contributed by atoms with Crippen molar-refractivity contribution >= 4 is 5.91 Å². The summed E-state index contributed by atoms with van der Waals surface area (Å²) in [6.45, 7) is 5.21. The van der Waals surface area contributed by atoms with Gasteiger partial charge in [0.05, 0.1) is 12.1 Å². The molecule has 1 aliphatic carbocycles. The quantitative estimate of drug-likeness (QED) is 0.737. The zero-order valence-corrected chi connectivity index (χ0v) is 11.2. The van der Waals surface area contributed by atoms with E-state index in [4.69, 9.17) is 10.5 Å². The Morgan fingerprint density at radius 3 is 2.65 bits per heavy atom. The van der Waals surface area contributed by atoms with Crippen LogP contribution < -0.4 is 11.1 Å². The van der Waals surface area contributed by atoms with Gasteiger partial charge in [0, 0.05) is 6.61 Å².